The van der Waals surface area contributed by atoms with Gasteiger partial charge in [-0.15, -0.1) is 0 Å². The van der Waals surface area contributed by atoms with Gasteiger partial charge in [-0.05, 0) is 33.3 Å². The summed E-state index contributed by atoms with van der Waals surface area (Å²) < 4.78 is 0. The Labute approximate surface area is 79.7 Å². The highest BCUT2D eigenvalue weighted by Gasteiger charge is 2.02. The van der Waals surface area contributed by atoms with Crippen LogP contribution in [0.3, 0.4) is 0 Å². The van der Waals surface area contributed by atoms with Crippen LogP contribution in [0.25, 0.3) is 0 Å². The summed E-state index contributed by atoms with van der Waals surface area (Å²) in [5, 5.41) is 8.33. The molecular weight excluding hydrogens is 164 g/mol. The molecule has 2 heteroatoms. The molecule has 0 saturated heterocycles. The van der Waals surface area contributed by atoms with Gasteiger partial charge in [-0.2, -0.15) is 0 Å². The molecule has 0 heterocycles. The van der Waals surface area contributed by atoms with Gasteiger partial charge in [0.15, 0.2) is 0 Å². The number of carboxylic acid groups (broad SMARTS) is 1. The Kier molecular flexibility index (Phi) is 4.91. The van der Waals surface area contributed by atoms with E-state index in [2.05, 4.69) is 11.8 Å². The van der Waals surface area contributed by atoms with Gasteiger partial charge in [0.1, 0.15) is 0 Å². The first-order chi connectivity index (χ1) is 5.92. The summed E-state index contributed by atoms with van der Waals surface area (Å²) in [6, 6.07) is 0. The molecule has 0 aromatic carbocycles. The summed E-state index contributed by atoms with van der Waals surface area (Å²) in [7, 11) is 0. The van der Waals surface area contributed by atoms with Crippen LogP contribution in [-0.4, -0.2) is 11.1 Å². The number of allylic oxidation sites excluding steroid dienone is 2. The topological polar surface area (TPSA) is 37.3 Å². The third-order valence-electron chi connectivity index (χ3n) is 1.17. The van der Waals surface area contributed by atoms with Gasteiger partial charge in [-0.1, -0.05) is 17.9 Å². The smallest absolute Gasteiger partial charge is 0.303 e. The van der Waals surface area contributed by atoms with E-state index in [1.54, 1.807) is 12.2 Å². The van der Waals surface area contributed by atoms with Crippen molar-refractivity contribution in [3.05, 3.63) is 12.2 Å². The number of hydrogen-bond acceptors (Lipinski definition) is 1. The van der Waals surface area contributed by atoms with Gasteiger partial charge in [0.25, 0.3) is 0 Å². The minimum atomic E-state index is -0.770. The van der Waals surface area contributed by atoms with E-state index in [4.69, 9.17) is 5.11 Å². The minimum absolute atomic E-state index is 0.0110. The molecule has 0 spiro atoms. The highest BCUT2D eigenvalue weighted by atomic mass is 16.4. The quantitative estimate of drug-likeness (QED) is 0.677. The average Bonchev–Trinajstić information content (AvgIpc) is 1.93. The van der Waals surface area contributed by atoms with Crippen LogP contribution in [0.4, 0.5) is 0 Å². The van der Waals surface area contributed by atoms with Gasteiger partial charge < -0.3 is 5.11 Å². The second kappa shape index (κ2) is 5.42. The molecule has 0 aliphatic rings. The molecule has 0 aliphatic carbocycles. The van der Waals surface area contributed by atoms with Gasteiger partial charge >= 0.3 is 5.97 Å². The summed E-state index contributed by atoms with van der Waals surface area (Å²) in [4.78, 5) is 10.1. The van der Waals surface area contributed by atoms with E-state index in [0.717, 1.165) is 0 Å². The van der Waals surface area contributed by atoms with Crippen LogP contribution in [0.1, 0.15) is 33.6 Å². The summed E-state index contributed by atoms with van der Waals surface area (Å²) in [5.74, 6) is 5.13. The molecule has 0 aromatic heterocycles. The first-order valence-corrected chi connectivity index (χ1v) is 4.31. The van der Waals surface area contributed by atoms with Crippen molar-refractivity contribution in [2.24, 2.45) is 5.41 Å². The molecule has 0 rings (SSSR count). The number of hydrogen-bond donors (Lipinski definition) is 1. The van der Waals surface area contributed by atoms with Crippen molar-refractivity contribution in [2.75, 3.05) is 0 Å². The second-order valence-corrected chi connectivity index (χ2v) is 3.85. The zero-order valence-electron chi connectivity index (χ0n) is 8.42. The summed E-state index contributed by atoms with van der Waals surface area (Å²) in [6.45, 7) is 6.10. The lowest BCUT2D eigenvalue weighted by atomic mass is 9.98. The zero-order chi connectivity index (χ0) is 10.3. The Hall–Kier alpha value is -1.23. The van der Waals surface area contributed by atoms with Crippen LogP contribution in [0.2, 0.25) is 0 Å². The number of carbonyl (C=O) groups is 1. The molecule has 13 heavy (non-hydrogen) atoms. The van der Waals surface area contributed by atoms with Crippen molar-refractivity contribution in [1.29, 1.82) is 0 Å². The Morgan fingerprint density at radius 1 is 1.46 bits per heavy atom. The number of rotatable bonds is 3. The molecule has 0 atom stereocenters. The van der Waals surface area contributed by atoms with Crippen molar-refractivity contribution in [3.63, 3.8) is 0 Å². The van der Waals surface area contributed by atoms with Gasteiger partial charge in [-0.25, -0.2) is 0 Å². The molecule has 0 fully saturated rings. The molecule has 0 unspecified atom stereocenters. The van der Waals surface area contributed by atoms with Crippen LogP contribution in [0, 0.1) is 17.3 Å². The fraction of sp³-hybridized carbons (Fsp3) is 0.545. The molecule has 0 bridgehead atoms. The maximum atomic E-state index is 10.1. The summed E-state index contributed by atoms with van der Waals surface area (Å²) in [6.07, 6.45) is 4.23. The maximum absolute atomic E-state index is 10.1. The third kappa shape index (κ3) is 10.8. The van der Waals surface area contributed by atoms with Gasteiger partial charge in [0, 0.05) is 11.8 Å². The molecular formula is C11H16O2. The van der Waals surface area contributed by atoms with Crippen LogP contribution in [-0.2, 0) is 4.79 Å². The van der Waals surface area contributed by atoms with Gasteiger partial charge in [0.2, 0.25) is 0 Å². The predicted octanol–water partition coefficient (Wildman–Crippen LogP) is 2.46. The SMILES string of the molecule is CC(C)(C)C#C/C=C/CCC(=O)O. The van der Waals surface area contributed by atoms with Crippen molar-refractivity contribution in [2.45, 2.75) is 33.6 Å². The fourth-order valence-electron chi connectivity index (χ4n) is 0.607. The third-order valence-corrected chi connectivity index (χ3v) is 1.17. The normalized spacial score (nSPS) is 11.0. The summed E-state index contributed by atoms with van der Waals surface area (Å²) in [5.41, 5.74) is 0.0110. The van der Waals surface area contributed by atoms with Gasteiger partial charge in [0.05, 0.1) is 0 Å². The molecule has 0 amide bonds. The van der Waals surface area contributed by atoms with Crippen molar-refractivity contribution in [1.82, 2.24) is 0 Å². The van der Waals surface area contributed by atoms with Crippen molar-refractivity contribution in [3.8, 4) is 11.8 Å². The van der Waals surface area contributed by atoms with Crippen molar-refractivity contribution >= 4 is 5.97 Å². The predicted molar refractivity (Wildman–Crippen MR) is 53.2 cm³/mol. The van der Waals surface area contributed by atoms with E-state index in [1.165, 1.54) is 0 Å². The van der Waals surface area contributed by atoms with E-state index in [0.29, 0.717) is 6.42 Å². The minimum Gasteiger partial charge on any atom is -0.481 e. The Morgan fingerprint density at radius 2 is 2.08 bits per heavy atom. The largest absolute Gasteiger partial charge is 0.481 e. The van der Waals surface area contributed by atoms with Crippen LogP contribution >= 0.6 is 0 Å². The number of carboxylic acids is 1. The molecule has 0 saturated carbocycles. The monoisotopic (exact) mass is 180 g/mol. The van der Waals surface area contributed by atoms with Crippen LogP contribution in [0.15, 0.2) is 12.2 Å². The van der Waals surface area contributed by atoms with Gasteiger partial charge in [-0.3, -0.25) is 4.79 Å². The molecule has 72 valence electrons. The molecule has 0 radical (unpaired) electrons. The molecule has 1 N–H and O–H groups in total. The Morgan fingerprint density at radius 3 is 2.54 bits per heavy atom. The standard InChI is InChI=1S/C11H16O2/c1-11(2,3)9-7-5-4-6-8-10(12)13/h4-5H,6,8H2,1-3H3,(H,12,13)/b5-4+. The lowest BCUT2D eigenvalue weighted by Gasteiger charge is -2.05. The van der Waals surface area contributed by atoms with E-state index in [1.807, 2.05) is 20.8 Å². The Balaban J connectivity index is 3.74. The van der Waals surface area contributed by atoms with E-state index >= 15 is 0 Å². The first-order valence-electron chi connectivity index (χ1n) is 4.31. The maximum Gasteiger partial charge on any atom is 0.303 e. The zero-order valence-corrected chi connectivity index (χ0v) is 8.42. The van der Waals surface area contributed by atoms with Crippen molar-refractivity contribution < 1.29 is 9.90 Å². The highest BCUT2D eigenvalue weighted by Crippen LogP contribution is 2.09. The van der Waals surface area contributed by atoms with E-state index in [9.17, 15) is 4.79 Å². The highest BCUT2D eigenvalue weighted by molar-refractivity contribution is 5.66. The van der Waals surface area contributed by atoms with E-state index < -0.39 is 5.97 Å². The van der Waals surface area contributed by atoms with Crippen LogP contribution in [0.5, 0.6) is 0 Å². The average molecular weight is 180 g/mol. The molecule has 0 aliphatic heterocycles. The molecule has 0 aromatic rings. The lowest BCUT2D eigenvalue weighted by molar-refractivity contribution is -0.136. The van der Waals surface area contributed by atoms with E-state index in [-0.39, 0.29) is 11.8 Å². The lowest BCUT2D eigenvalue weighted by Crippen LogP contribution is -1.98. The Bertz CT molecular complexity index is 245. The summed E-state index contributed by atoms with van der Waals surface area (Å²) >= 11 is 0. The second-order valence-electron chi connectivity index (χ2n) is 3.85. The first kappa shape index (κ1) is 11.8. The molecule has 2 nitrogen and oxygen atoms in total. The number of aliphatic carboxylic acids is 1. The fourth-order valence-corrected chi connectivity index (χ4v) is 0.607. The van der Waals surface area contributed by atoms with Crippen LogP contribution < -0.4 is 0 Å².